The monoisotopic (exact) mass is 258 g/mol. The zero-order valence-electron chi connectivity index (χ0n) is 11.7. The van der Waals surface area contributed by atoms with Crippen LogP contribution in [0.4, 0.5) is 5.69 Å². The first-order valence-corrected chi connectivity index (χ1v) is 6.76. The minimum atomic E-state index is 0.598. The van der Waals surface area contributed by atoms with Crippen molar-refractivity contribution in [1.29, 1.82) is 0 Å². The fourth-order valence-corrected chi connectivity index (χ4v) is 2.18. The Morgan fingerprint density at radius 2 is 2.00 bits per heavy atom. The number of aryl methyl sites for hydroxylation is 1. The maximum Gasteiger partial charge on any atom is 0.105 e. The summed E-state index contributed by atoms with van der Waals surface area (Å²) in [6.45, 7) is 7.74. The fraction of sp³-hybridized carbons (Fsp3) is 0.400. The van der Waals surface area contributed by atoms with Gasteiger partial charge < -0.3 is 15.2 Å². The molecule has 1 heterocycles. The number of benzene rings is 1. The molecule has 4 nitrogen and oxygen atoms in total. The molecule has 2 N–H and O–H groups in total. The van der Waals surface area contributed by atoms with E-state index < -0.39 is 0 Å². The summed E-state index contributed by atoms with van der Waals surface area (Å²) in [5.41, 5.74) is 8.04. The largest absolute Gasteiger partial charge is 0.370 e. The minimum Gasteiger partial charge on any atom is -0.370 e. The zero-order chi connectivity index (χ0) is 13.7. The molecule has 0 aliphatic rings. The summed E-state index contributed by atoms with van der Waals surface area (Å²) < 4.78 is 2.18. The lowest BCUT2D eigenvalue weighted by Gasteiger charge is -2.23. The van der Waals surface area contributed by atoms with E-state index in [1.54, 1.807) is 0 Å². The van der Waals surface area contributed by atoms with Crippen LogP contribution in [0.2, 0.25) is 0 Å². The van der Waals surface area contributed by atoms with Gasteiger partial charge in [0.05, 0.1) is 0 Å². The van der Waals surface area contributed by atoms with Crippen LogP contribution < -0.4 is 10.6 Å². The Morgan fingerprint density at radius 1 is 1.26 bits per heavy atom. The second kappa shape index (κ2) is 6.38. The summed E-state index contributed by atoms with van der Waals surface area (Å²) in [5, 5.41) is 0. The van der Waals surface area contributed by atoms with E-state index in [2.05, 4.69) is 45.6 Å². The first-order chi connectivity index (χ1) is 9.24. The molecule has 19 heavy (non-hydrogen) atoms. The van der Waals surface area contributed by atoms with Crippen LogP contribution in [0, 0.1) is 6.92 Å². The van der Waals surface area contributed by atoms with Crippen LogP contribution in [0.1, 0.15) is 18.3 Å². The van der Waals surface area contributed by atoms with E-state index in [-0.39, 0.29) is 0 Å². The van der Waals surface area contributed by atoms with Crippen molar-refractivity contribution in [2.75, 3.05) is 18.0 Å². The van der Waals surface area contributed by atoms with Gasteiger partial charge in [-0.15, -0.1) is 0 Å². The van der Waals surface area contributed by atoms with Crippen molar-refractivity contribution in [3.63, 3.8) is 0 Å². The van der Waals surface area contributed by atoms with E-state index in [4.69, 9.17) is 5.73 Å². The molecule has 0 fully saturated rings. The van der Waals surface area contributed by atoms with Gasteiger partial charge in [-0.3, -0.25) is 0 Å². The van der Waals surface area contributed by atoms with Crippen molar-refractivity contribution >= 4 is 5.69 Å². The summed E-state index contributed by atoms with van der Waals surface area (Å²) in [6, 6.07) is 8.49. The number of aromatic nitrogens is 2. The third-order valence-electron chi connectivity index (χ3n) is 3.45. The first kappa shape index (κ1) is 13.6. The molecule has 0 amide bonds. The Bertz CT molecular complexity index is 501. The first-order valence-electron chi connectivity index (χ1n) is 6.76. The fourth-order valence-electron chi connectivity index (χ4n) is 2.18. The molecule has 0 bridgehead atoms. The Kier molecular flexibility index (Phi) is 4.58. The maximum absolute atomic E-state index is 5.62. The highest BCUT2D eigenvalue weighted by molar-refractivity contribution is 5.47. The number of hydrogen-bond acceptors (Lipinski definition) is 3. The van der Waals surface area contributed by atoms with Gasteiger partial charge in [0.15, 0.2) is 0 Å². The number of nitrogens with zero attached hydrogens (tertiary/aromatic N) is 3. The lowest BCUT2D eigenvalue weighted by atomic mass is 10.2. The van der Waals surface area contributed by atoms with Crippen LogP contribution in [-0.2, 0) is 13.1 Å². The van der Waals surface area contributed by atoms with Gasteiger partial charge in [0, 0.05) is 44.3 Å². The molecule has 0 spiro atoms. The molecule has 1 aromatic carbocycles. The molecule has 0 saturated carbocycles. The Balaban J connectivity index is 2.01. The van der Waals surface area contributed by atoms with Gasteiger partial charge in [-0.05, 0) is 31.5 Å². The van der Waals surface area contributed by atoms with Crippen LogP contribution in [0.25, 0.3) is 0 Å². The minimum absolute atomic E-state index is 0.598. The van der Waals surface area contributed by atoms with E-state index in [9.17, 15) is 0 Å². The van der Waals surface area contributed by atoms with Crippen LogP contribution in [-0.4, -0.2) is 22.6 Å². The molecule has 2 aromatic rings. The van der Waals surface area contributed by atoms with E-state index in [1.165, 1.54) is 11.3 Å². The normalized spacial score (nSPS) is 10.7. The van der Waals surface area contributed by atoms with Crippen molar-refractivity contribution in [2.45, 2.75) is 26.9 Å². The SMILES string of the molecule is CCN(CCn1ccnc1C)c1ccc(CN)cc1. The van der Waals surface area contributed by atoms with E-state index >= 15 is 0 Å². The van der Waals surface area contributed by atoms with Crippen LogP contribution in [0.5, 0.6) is 0 Å². The topological polar surface area (TPSA) is 47.1 Å². The summed E-state index contributed by atoms with van der Waals surface area (Å²) in [7, 11) is 0. The average molecular weight is 258 g/mol. The van der Waals surface area contributed by atoms with Crippen molar-refractivity contribution in [2.24, 2.45) is 5.73 Å². The molecule has 0 atom stereocenters. The third-order valence-corrected chi connectivity index (χ3v) is 3.45. The van der Waals surface area contributed by atoms with Crippen molar-refractivity contribution in [3.05, 3.63) is 48.0 Å². The number of likely N-dealkylation sites (N-methyl/N-ethyl adjacent to an activating group) is 1. The zero-order valence-corrected chi connectivity index (χ0v) is 11.7. The highest BCUT2D eigenvalue weighted by Crippen LogP contribution is 2.15. The standard InChI is InChI=1S/C15H22N4/c1-3-18(10-11-19-9-8-17-13(19)2)15-6-4-14(12-16)5-7-15/h4-9H,3,10-12,16H2,1-2H3. The summed E-state index contributed by atoms with van der Waals surface area (Å²) in [4.78, 5) is 6.61. The van der Waals surface area contributed by atoms with Gasteiger partial charge in [0.25, 0.3) is 0 Å². The summed E-state index contributed by atoms with van der Waals surface area (Å²) >= 11 is 0. The molecule has 0 saturated heterocycles. The average Bonchev–Trinajstić information content (AvgIpc) is 2.86. The quantitative estimate of drug-likeness (QED) is 0.864. The smallest absolute Gasteiger partial charge is 0.105 e. The van der Waals surface area contributed by atoms with E-state index in [0.717, 1.165) is 25.5 Å². The van der Waals surface area contributed by atoms with Gasteiger partial charge in [0.1, 0.15) is 5.82 Å². The molecule has 2 rings (SSSR count). The van der Waals surface area contributed by atoms with Gasteiger partial charge >= 0.3 is 0 Å². The molecule has 0 aliphatic heterocycles. The number of imidazole rings is 1. The molecule has 1 aromatic heterocycles. The van der Waals surface area contributed by atoms with Gasteiger partial charge in [-0.25, -0.2) is 4.98 Å². The highest BCUT2D eigenvalue weighted by atomic mass is 15.2. The molecule has 102 valence electrons. The van der Waals surface area contributed by atoms with E-state index in [1.807, 2.05) is 19.3 Å². The number of hydrogen-bond donors (Lipinski definition) is 1. The van der Waals surface area contributed by atoms with Crippen LogP contribution in [0.3, 0.4) is 0 Å². The van der Waals surface area contributed by atoms with E-state index in [0.29, 0.717) is 6.54 Å². The maximum atomic E-state index is 5.62. The van der Waals surface area contributed by atoms with Gasteiger partial charge in [-0.2, -0.15) is 0 Å². The number of rotatable bonds is 6. The molecule has 0 unspecified atom stereocenters. The predicted molar refractivity (Wildman–Crippen MR) is 79.2 cm³/mol. The Labute approximate surface area is 114 Å². The summed E-state index contributed by atoms with van der Waals surface area (Å²) in [6.07, 6.45) is 3.88. The predicted octanol–water partition coefficient (Wildman–Crippen LogP) is 2.18. The molecular formula is C15H22N4. The van der Waals surface area contributed by atoms with Gasteiger partial charge in [-0.1, -0.05) is 12.1 Å². The molecule has 4 heteroatoms. The van der Waals surface area contributed by atoms with Gasteiger partial charge in [0.2, 0.25) is 0 Å². The number of anilines is 1. The van der Waals surface area contributed by atoms with Crippen molar-refractivity contribution in [1.82, 2.24) is 9.55 Å². The summed E-state index contributed by atoms with van der Waals surface area (Å²) in [5.74, 6) is 1.06. The molecule has 0 radical (unpaired) electrons. The van der Waals surface area contributed by atoms with Crippen molar-refractivity contribution in [3.8, 4) is 0 Å². The lowest BCUT2D eigenvalue weighted by molar-refractivity contribution is 0.648. The molecular weight excluding hydrogens is 236 g/mol. The number of nitrogens with two attached hydrogens (primary N) is 1. The second-order valence-electron chi connectivity index (χ2n) is 4.62. The molecule has 0 aliphatic carbocycles. The Morgan fingerprint density at radius 3 is 2.53 bits per heavy atom. The lowest BCUT2D eigenvalue weighted by Crippen LogP contribution is -2.27. The van der Waals surface area contributed by atoms with Crippen LogP contribution in [0.15, 0.2) is 36.7 Å². The highest BCUT2D eigenvalue weighted by Gasteiger charge is 2.05. The van der Waals surface area contributed by atoms with Crippen molar-refractivity contribution < 1.29 is 0 Å². The third kappa shape index (κ3) is 3.35. The van der Waals surface area contributed by atoms with Crippen LogP contribution >= 0.6 is 0 Å². The Hall–Kier alpha value is -1.81. The second-order valence-corrected chi connectivity index (χ2v) is 4.62.